The first-order chi connectivity index (χ1) is 15.3. The topological polar surface area (TPSA) is 66.9 Å². The molecule has 0 saturated carbocycles. The molecule has 180 valence electrons. The van der Waals surface area contributed by atoms with Crippen LogP contribution in [0.5, 0.6) is 5.75 Å². The molecule has 2 aromatic rings. The molecule has 0 radical (unpaired) electrons. The second-order valence-corrected chi connectivity index (χ2v) is 10.5. The van der Waals surface area contributed by atoms with Crippen molar-refractivity contribution in [1.29, 1.82) is 0 Å². The van der Waals surface area contributed by atoms with Gasteiger partial charge in [-0.3, -0.25) is 4.79 Å². The first-order valence-electron chi connectivity index (χ1n) is 10.2. The summed E-state index contributed by atoms with van der Waals surface area (Å²) in [5.41, 5.74) is -0.221. The molecule has 0 unspecified atom stereocenters. The lowest BCUT2D eigenvalue weighted by Gasteiger charge is -2.37. The van der Waals surface area contributed by atoms with Crippen LogP contribution in [-0.4, -0.2) is 57.8 Å². The minimum atomic E-state index is -4.48. The number of piperazine rings is 1. The summed E-state index contributed by atoms with van der Waals surface area (Å²) in [6, 6.07) is 7.38. The Bertz CT molecular complexity index is 1140. The number of hydrogen-bond acceptors (Lipinski definition) is 5. The van der Waals surface area contributed by atoms with Crippen LogP contribution in [0.15, 0.2) is 41.3 Å². The smallest absolute Gasteiger partial charge is 0.416 e. The molecule has 2 aromatic carbocycles. The molecule has 1 aliphatic rings. The number of alkyl halides is 3. The maximum Gasteiger partial charge on any atom is 0.416 e. The summed E-state index contributed by atoms with van der Waals surface area (Å²) < 4.78 is 68.3. The van der Waals surface area contributed by atoms with Gasteiger partial charge < -0.3 is 14.5 Å². The molecule has 0 N–H and O–H groups in total. The van der Waals surface area contributed by atoms with Crippen LogP contribution in [0.25, 0.3) is 0 Å². The SMILES string of the molecule is CC(C)Oc1ccc(S(C)(=O)=O)cc1C(=O)N1CCN(c2ccc(C(F)(F)F)cc2Cl)CC1. The van der Waals surface area contributed by atoms with Gasteiger partial charge >= 0.3 is 6.18 Å². The third-order valence-corrected chi connectivity index (χ3v) is 6.57. The molecule has 1 heterocycles. The Labute approximate surface area is 195 Å². The van der Waals surface area contributed by atoms with Gasteiger partial charge in [-0.15, -0.1) is 0 Å². The molecular formula is C22H24ClF3N2O4S. The Hall–Kier alpha value is -2.46. The summed E-state index contributed by atoms with van der Waals surface area (Å²) >= 11 is 6.10. The van der Waals surface area contributed by atoms with Crippen molar-refractivity contribution < 1.29 is 31.1 Å². The Morgan fingerprint density at radius 3 is 2.21 bits per heavy atom. The summed E-state index contributed by atoms with van der Waals surface area (Å²) in [4.78, 5) is 16.6. The fraction of sp³-hybridized carbons (Fsp3) is 0.409. The molecule has 1 fully saturated rings. The van der Waals surface area contributed by atoms with Gasteiger partial charge in [-0.05, 0) is 50.2 Å². The second-order valence-electron chi connectivity index (χ2n) is 8.04. The third kappa shape index (κ3) is 5.92. The number of ether oxygens (including phenoxy) is 1. The van der Waals surface area contributed by atoms with Gasteiger partial charge in [0.2, 0.25) is 0 Å². The van der Waals surface area contributed by atoms with Crippen molar-refractivity contribution in [2.45, 2.75) is 31.0 Å². The van der Waals surface area contributed by atoms with Gasteiger partial charge in [0.05, 0.1) is 32.8 Å². The standard InChI is InChI=1S/C22H24ClF3N2O4S/c1-14(2)32-20-7-5-16(33(3,30)31)13-17(20)21(29)28-10-8-27(9-11-28)19-6-4-15(12-18(19)23)22(24,25)26/h4-7,12-14H,8-11H2,1-3H3. The maximum absolute atomic E-state index is 13.2. The van der Waals surface area contributed by atoms with Gasteiger partial charge in [-0.25, -0.2) is 8.42 Å². The second kappa shape index (κ2) is 9.42. The number of nitrogens with zero attached hydrogens (tertiary/aromatic N) is 2. The summed E-state index contributed by atoms with van der Waals surface area (Å²) in [5.74, 6) is -0.0927. The molecule has 6 nitrogen and oxygen atoms in total. The average molecular weight is 505 g/mol. The van der Waals surface area contributed by atoms with Crippen molar-refractivity contribution in [2.24, 2.45) is 0 Å². The lowest BCUT2D eigenvalue weighted by molar-refractivity contribution is -0.137. The molecule has 11 heteroatoms. The first kappa shape index (κ1) is 25.2. The molecule has 0 atom stereocenters. The molecular weight excluding hydrogens is 481 g/mol. The average Bonchev–Trinajstić information content (AvgIpc) is 2.72. The summed E-state index contributed by atoms with van der Waals surface area (Å²) in [7, 11) is -3.53. The molecule has 3 rings (SSSR count). The van der Waals surface area contributed by atoms with E-state index in [1.165, 1.54) is 24.3 Å². The van der Waals surface area contributed by atoms with Crippen molar-refractivity contribution in [3.63, 3.8) is 0 Å². The number of hydrogen-bond donors (Lipinski definition) is 0. The van der Waals surface area contributed by atoms with Gasteiger partial charge in [0.15, 0.2) is 9.84 Å². The third-order valence-electron chi connectivity index (χ3n) is 5.15. The Morgan fingerprint density at radius 2 is 1.70 bits per heavy atom. The number of sulfone groups is 1. The van der Waals surface area contributed by atoms with Gasteiger partial charge in [0.25, 0.3) is 5.91 Å². The van der Waals surface area contributed by atoms with E-state index in [9.17, 15) is 26.4 Å². The predicted octanol–water partition coefficient (Wildman–Crippen LogP) is 4.51. The monoisotopic (exact) mass is 504 g/mol. The zero-order valence-corrected chi connectivity index (χ0v) is 19.9. The molecule has 1 aliphatic heterocycles. The minimum Gasteiger partial charge on any atom is -0.490 e. The Morgan fingerprint density at radius 1 is 1.06 bits per heavy atom. The number of anilines is 1. The Balaban J connectivity index is 1.79. The zero-order valence-electron chi connectivity index (χ0n) is 18.3. The van der Waals surface area contributed by atoms with E-state index in [1.54, 1.807) is 18.7 Å². The van der Waals surface area contributed by atoms with Crippen molar-refractivity contribution in [2.75, 3.05) is 37.3 Å². The van der Waals surface area contributed by atoms with E-state index in [0.29, 0.717) is 18.8 Å². The molecule has 1 amide bonds. The number of amides is 1. The molecule has 0 aliphatic carbocycles. The fourth-order valence-corrected chi connectivity index (χ4v) is 4.47. The molecule has 33 heavy (non-hydrogen) atoms. The normalized spacial score (nSPS) is 15.2. The van der Waals surface area contributed by atoms with Gasteiger partial charge in [0, 0.05) is 32.4 Å². The molecule has 0 bridgehead atoms. The highest BCUT2D eigenvalue weighted by Gasteiger charge is 2.32. The van der Waals surface area contributed by atoms with E-state index in [-0.39, 0.29) is 46.3 Å². The lowest BCUT2D eigenvalue weighted by atomic mass is 10.1. The largest absolute Gasteiger partial charge is 0.490 e. The number of rotatable bonds is 5. The lowest BCUT2D eigenvalue weighted by Crippen LogP contribution is -2.49. The van der Waals surface area contributed by atoms with Gasteiger partial charge in [-0.2, -0.15) is 13.2 Å². The van der Waals surface area contributed by atoms with Crippen molar-refractivity contribution in [3.8, 4) is 5.75 Å². The maximum atomic E-state index is 13.2. The van der Waals surface area contributed by atoms with E-state index in [2.05, 4.69) is 0 Å². The molecule has 1 saturated heterocycles. The minimum absolute atomic E-state index is 0.0112. The first-order valence-corrected chi connectivity index (χ1v) is 12.5. The van der Waals surface area contributed by atoms with E-state index in [4.69, 9.17) is 16.3 Å². The quantitative estimate of drug-likeness (QED) is 0.599. The highest BCUT2D eigenvalue weighted by atomic mass is 35.5. The van der Waals surface area contributed by atoms with Crippen molar-refractivity contribution >= 4 is 33.0 Å². The highest BCUT2D eigenvalue weighted by molar-refractivity contribution is 7.90. The van der Waals surface area contributed by atoms with Crippen LogP contribution < -0.4 is 9.64 Å². The van der Waals surface area contributed by atoms with E-state index in [0.717, 1.165) is 18.4 Å². The summed E-state index contributed by atoms with van der Waals surface area (Å²) in [6.07, 6.45) is -3.64. The number of benzene rings is 2. The number of carbonyl (C=O) groups excluding carboxylic acids is 1. The van der Waals surface area contributed by atoms with E-state index in [1.807, 2.05) is 4.90 Å². The summed E-state index contributed by atoms with van der Waals surface area (Å²) in [6.45, 7) is 4.85. The van der Waals surface area contributed by atoms with Gasteiger partial charge in [-0.1, -0.05) is 11.6 Å². The van der Waals surface area contributed by atoms with E-state index < -0.39 is 21.6 Å². The highest BCUT2D eigenvalue weighted by Crippen LogP contribution is 2.35. The Kier molecular flexibility index (Phi) is 7.18. The molecule has 0 spiro atoms. The summed E-state index contributed by atoms with van der Waals surface area (Å²) in [5, 5.41) is -0.0157. The van der Waals surface area contributed by atoms with Crippen LogP contribution in [0.3, 0.4) is 0 Å². The zero-order chi connectivity index (χ0) is 24.6. The van der Waals surface area contributed by atoms with Crippen LogP contribution in [0.1, 0.15) is 29.8 Å². The van der Waals surface area contributed by atoms with Crippen LogP contribution in [0.4, 0.5) is 18.9 Å². The van der Waals surface area contributed by atoms with Crippen molar-refractivity contribution in [3.05, 3.63) is 52.5 Å². The van der Waals surface area contributed by atoms with Crippen LogP contribution in [-0.2, 0) is 16.0 Å². The van der Waals surface area contributed by atoms with Gasteiger partial charge in [0.1, 0.15) is 5.75 Å². The van der Waals surface area contributed by atoms with Crippen LogP contribution in [0, 0.1) is 0 Å². The van der Waals surface area contributed by atoms with Crippen molar-refractivity contribution in [1.82, 2.24) is 4.90 Å². The van der Waals surface area contributed by atoms with Crippen LogP contribution >= 0.6 is 11.6 Å². The fourth-order valence-electron chi connectivity index (χ4n) is 3.52. The molecule has 0 aromatic heterocycles. The number of carbonyl (C=O) groups is 1. The van der Waals surface area contributed by atoms with E-state index >= 15 is 0 Å². The predicted molar refractivity (Wildman–Crippen MR) is 120 cm³/mol. The number of halogens is 4. The van der Waals surface area contributed by atoms with Crippen LogP contribution in [0.2, 0.25) is 5.02 Å².